The van der Waals surface area contributed by atoms with Crippen LogP contribution in [-0.4, -0.2) is 33.6 Å². The number of nitrogens with two attached hydrogens (primary N) is 1. The van der Waals surface area contributed by atoms with Crippen molar-refractivity contribution in [2.45, 2.75) is 5.16 Å². The third kappa shape index (κ3) is 2.99. The predicted octanol–water partition coefficient (Wildman–Crippen LogP) is 1.15. The summed E-state index contributed by atoms with van der Waals surface area (Å²) < 4.78 is 1.33. The Hall–Kier alpha value is -1.73. The first kappa shape index (κ1) is 13.7. The van der Waals surface area contributed by atoms with Crippen LogP contribution in [0, 0.1) is 0 Å². The third-order valence-corrected chi connectivity index (χ3v) is 3.66. The van der Waals surface area contributed by atoms with Crippen LogP contribution in [0.3, 0.4) is 0 Å². The molecule has 0 saturated carbocycles. The molecule has 2 rings (SSSR count). The maximum absolute atomic E-state index is 11.2. The van der Waals surface area contributed by atoms with Crippen molar-refractivity contribution in [1.29, 1.82) is 0 Å². The first-order valence-electron chi connectivity index (χ1n) is 5.42. The van der Waals surface area contributed by atoms with Crippen molar-refractivity contribution in [3.05, 3.63) is 29.3 Å². The second kappa shape index (κ2) is 5.94. The fourth-order valence-electron chi connectivity index (χ4n) is 1.40. The Bertz CT molecular complexity index is 601. The molecule has 0 saturated heterocycles. The fourth-order valence-corrected chi connectivity index (χ4v) is 2.35. The molecule has 3 N–H and O–H groups in total. The van der Waals surface area contributed by atoms with E-state index in [1.807, 2.05) is 18.2 Å². The lowest BCUT2D eigenvalue weighted by Crippen LogP contribution is -2.20. The number of hydrogen-bond donors (Lipinski definition) is 2. The molecule has 0 aliphatic heterocycles. The Kier molecular flexibility index (Phi) is 4.28. The standard InChI is InChI=1S/C11H12ClN5OS/c1-14-9(18)6-19-11-16-15-10(17(11)13)7-4-2-3-5-8(7)12/h2-5H,6,13H2,1H3,(H,14,18). The molecule has 19 heavy (non-hydrogen) atoms. The third-order valence-electron chi connectivity index (χ3n) is 2.39. The lowest BCUT2D eigenvalue weighted by molar-refractivity contribution is -0.118. The van der Waals surface area contributed by atoms with Crippen LogP contribution in [0.15, 0.2) is 29.4 Å². The highest BCUT2D eigenvalue weighted by Gasteiger charge is 2.15. The minimum Gasteiger partial charge on any atom is -0.358 e. The molecule has 2 aromatic rings. The zero-order valence-electron chi connectivity index (χ0n) is 10.1. The highest BCUT2D eigenvalue weighted by Crippen LogP contribution is 2.27. The molecule has 6 nitrogen and oxygen atoms in total. The summed E-state index contributed by atoms with van der Waals surface area (Å²) >= 11 is 7.29. The van der Waals surface area contributed by atoms with Gasteiger partial charge in [-0.25, -0.2) is 4.68 Å². The summed E-state index contributed by atoms with van der Waals surface area (Å²) in [6.07, 6.45) is 0. The van der Waals surface area contributed by atoms with E-state index in [0.717, 1.165) is 0 Å². The van der Waals surface area contributed by atoms with Gasteiger partial charge in [0.05, 0.1) is 10.8 Å². The molecule has 8 heteroatoms. The van der Waals surface area contributed by atoms with Gasteiger partial charge in [0.15, 0.2) is 5.82 Å². The van der Waals surface area contributed by atoms with Gasteiger partial charge in [0.2, 0.25) is 11.1 Å². The number of amides is 1. The fraction of sp³-hybridized carbons (Fsp3) is 0.182. The maximum atomic E-state index is 11.2. The number of nitrogens with zero attached hydrogens (tertiary/aromatic N) is 3. The first-order valence-corrected chi connectivity index (χ1v) is 6.78. The minimum atomic E-state index is -0.104. The van der Waals surface area contributed by atoms with Crippen LogP contribution in [0.2, 0.25) is 5.02 Å². The van der Waals surface area contributed by atoms with Crippen LogP contribution in [-0.2, 0) is 4.79 Å². The van der Waals surface area contributed by atoms with Gasteiger partial charge >= 0.3 is 0 Å². The molecule has 1 aromatic carbocycles. The van der Waals surface area contributed by atoms with Crippen LogP contribution in [0.5, 0.6) is 0 Å². The summed E-state index contributed by atoms with van der Waals surface area (Å²) in [5.74, 6) is 6.50. The molecule has 0 aliphatic rings. The van der Waals surface area contributed by atoms with Gasteiger partial charge in [-0.1, -0.05) is 35.5 Å². The smallest absolute Gasteiger partial charge is 0.230 e. The zero-order valence-corrected chi connectivity index (χ0v) is 11.7. The number of rotatable bonds is 4. The molecule has 1 aromatic heterocycles. The molecule has 100 valence electrons. The molecule has 0 bridgehead atoms. The highest BCUT2D eigenvalue weighted by atomic mass is 35.5. The van der Waals surface area contributed by atoms with Gasteiger partial charge in [-0.05, 0) is 12.1 Å². The highest BCUT2D eigenvalue weighted by molar-refractivity contribution is 7.99. The molecule has 0 atom stereocenters. The Morgan fingerprint density at radius 3 is 2.89 bits per heavy atom. The second-order valence-corrected chi connectivity index (χ2v) is 4.97. The topological polar surface area (TPSA) is 85.8 Å². The first-order chi connectivity index (χ1) is 9.13. The number of thioether (sulfide) groups is 1. The average Bonchev–Trinajstić information content (AvgIpc) is 2.78. The molecular weight excluding hydrogens is 286 g/mol. The van der Waals surface area contributed by atoms with Crippen molar-refractivity contribution in [1.82, 2.24) is 20.2 Å². The van der Waals surface area contributed by atoms with Crippen LogP contribution >= 0.6 is 23.4 Å². The van der Waals surface area contributed by atoms with Gasteiger partial charge in [0.25, 0.3) is 0 Å². The normalized spacial score (nSPS) is 10.4. The number of hydrogen-bond acceptors (Lipinski definition) is 5. The van der Waals surface area contributed by atoms with Crippen molar-refractivity contribution in [3.8, 4) is 11.4 Å². The van der Waals surface area contributed by atoms with Gasteiger partial charge in [-0.3, -0.25) is 4.79 Å². The number of benzene rings is 1. The summed E-state index contributed by atoms with van der Waals surface area (Å²) in [6.45, 7) is 0. The summed E-state index contributed by atoms with van der Waals surface area (Å²) in [7, 11) is 1.57. The van der Waals surface area contributed by atoms with Gasteiger partial charge in [0, 0.05) is 12.6 Å². The Labute approximate surface area is 119 Å². The molecule has 0 unspecified atom stereocenters. The quantitative estimate of drug-likeness (QED) is 0.653. The van der Waals surface area contributed by atoms with Crippen molar-refractivity contribution < 1.29 is 4.79 Å². The summed E-state index contributed by atoms with van der Waals surface area (Å²) in [5.41, 5.74) is 0.700. The van der Waals surface area contributed by atoms with E-state index in [0.29, 0.717) is 21.6 Å². The van der Waals surface area contributed by atoms with Gasteiger partial charge in [-0.2, -0.15) is 0 Å². The SMILES string of the molecule is CNC(=O)CSc1nnc(-c2ccccc2Cl)n1N. The van der Waals surface area contributed by atoms with Crippen molar-refractivity contribution in [2.75, 3.05) is 18.6 Å². The van der Waals surface area contributed by atoms with E-state index in [4.69, 9.17) is 17.4 Å². The van der Waals surface area contributed by atoms with E-state index in [1.54, 1.807) is 13.1 Å². The average molecular weight is 298 g/mol. The van der Waals surface area contributed by atoms with E-state index >= 15 is 0 Å². The van der Waals surface area contributed by atoms with Crippen molar-refractivity contribution in [3.63, 3.8) is 0 Å². The molecule has 0 aliphatic carbocycles. The number of nitrogens with one attached hydrogen (secondary N) is 1. The van der Waals surface area contributed by atoms with Crippen molar-refractivity contribution in [2.24, 2.45) is 0 Å². The summed E-state index contributed by atoms with van der Waals surface area (Å²) in [6, 6.07) is 7.23. The molecule has 0 radical (unpaired) electrons. The molecule has 0 spiro atoms. The van der Waals surface area contributed by atoms with Crippen LogP contribution in [0.25, 0.3) is 11.4 Å². The number of carbonyl (C=O) groups excluding carboxylic acids is 1. The number of carbonyl (C=O) groups is 1. The number of nitrogen functional groups attached to an aromatic ring is 1. The van der Waals surface area contributed by atoms with Crippen LogP contribution in [0.4, 0.5) is 0 Å². The summed E-state index contributed by atoms with van der Waals surface area (Å²) in [5, 5.41) is 11.5. The Morgan fingerprint density at radius 2 is 2.21 bits per heavy atom. The van der Waals surface area contributed by atoms with Gasteiger partial charge in [0.1, 0.15) is 0 Å². The van der Waals surface area contributed by atoms with Gasteiger partial charge < -0.3 is 11.2 Å². The van der Waals surface area contributed by atoms with E-state index in [-0.39, 0.29) is 11.7 Å². The molecule has 1 amide bonds. The van der Waals surface area contributed by atoms with E-state index < -0.39 is 0 Å². The molecule has 1 heterocycles. The van der Waals surface area contributed by atoms with Crippen LogP contribution < -0.4 is 11.2 Å². The zero-order chi connectivity index (χ0) is 13.8. The van der Waals surface area contributed by atoms with E-state index in [1.165, 1.54) is 16.4 Å². The lowest BCUT2D eigenvalue weighted by Gasteiger charge is -2.04. The number of aromatic nitrogens is 3. The minimum absolute atomic E-state index is 0.104. The monoisotopic (exact) mass is 297 g/mol. The summed E-state index contributed by atoms with van der Waals surface area (Å²) in [4.78, 5) is 11.2. The Morgan fingerprint density at radius 1 is 1.47 bits per heavy atom. The van der Waals surface area contributed by atoms with E-state index in [2.05, 4.69) is 15.5 Å². The Balaban J connectivity index is 2.24. The van der Waals surface area contributed by atoms with Crippen LogP contribution in [0.1, 0.15) is 0 Å². The lowest BCUT2D eigenvalue weighted by atomic mass is 10.2. The van der Waals surface area contributed by atoms with E-state index in [9.17, 15) is 4.79 Å². The van der Waals surface area contributed by atoms with Crippen molar-refractivity contribution >= 4 is 29.3 Å². The maximum Gasteiger partial charge on any atom is 0.230 e. The molecular formula is C11H12ClN5OS. The predicted molar refractivity (Wildman–Crippen MR) is 75.4 cm³/mol. The van der Waals surface area contributed by atoms with Gasteiger partial charge in [-0.15, -0.1) is 10.2 Å². The second-order valence-electron chi connectivity index (χ2n) is 3.62. The number of halogens is 1. The largest absolute Gasteiger partial charge is 0.358 e. The molecule has 0 fully saturated rings.